The molecule has 0 bridgehead atoms. The zero-order valence-corrected chi connectivity index (χ0v) is 28.9. The molecule has 3 rings (SSSR count). The van der Waals surface area contributed by atoms with Crippen LogP contribution in [0.2, 0.25) is 0 Å². The number of ketones is 1. The van der Waals surface area contributed by atoms with Crippen molar-refractivity contribution < 1.29 is 28.2 Å². The second-order valence-corrected chi connectivity index (χ2v) is 16.4. The predicted molar refractivity (Wildman–Crippen MR) is 177 cm³/mol. The second-order valence-electron chi connectivity index (χ2n) is 14.9. The van der Waals surface area contributed by atoms with E-state index in [1.54, 1.807) is 6.26 Å². The van der Waals surface area contributed by atoms with Gasteiger partial charge in [-0.1, -0.05) is 59.8 Å². The summed E-state index contributed by atoms with van der Waals surface area (Å²) in [5, 5.41) is 11.0. The van der Waals surface area contributed by atoms with Gasteiger partial charge < -0.3 is 26.2 Å². The maximum Gasteiger partial charge on any atom is 0.315 e. The molecule has 3 fully saturated rings. The Kier molecular flexibility index (Phi) is 12.1. The number of carbonyl (C=O) groups excluding carboxylic acids is 5. The number of hydrogen-bond donors (Lipinski definition) is 4. The highest BCUT2D eigenvalue weighted by Gasteiger charge is 2.69. The van der Waals surface area contributed by atoms with Gasteiger partial charge in [-0.2, -0.15) is 0 Å². The van der Waals surface area contributed by atoms with E-state index in [0.717, 1.165) is 19.3 Å². The van der Waals surface area contributed by atoms with Crippen LogP contribution in [0.25, 0.3) is 0 Å². The molecule has 0 aromatic heterocycles. The molecule has 0 radical (unpaired) electrons. The monoisotopic (exact) mass is 657 g/mol. The van der Waals surface area contributed by atoms with E-state index in [2.05, 4.69) is 33.1 Å². The quantitative estimate of drug-likeness (QED) is 0.175. The van der Waals surface area contributed by atoms with Crippen molar-refractivity contribution in [2.45, 2.75) is 110 Å². The zero-order valence-electron chi connectivity index (χ0n) is 28.1. The van der Waals surface area contributed by atoms with Crippen LogP contribution in [0.3, 0.4) is 0 Å². The fourth-order valence-electron chi connectivity index (χ4n) is 7.31. The summed E-state index contributed by atoms with van der Waals surface area (Å²) < 4.78 is 12.2. The highest BCUT2D eigenvalue weighted by Crippen LogP contribution is 2.65. The van der Waals surface area contributed by atoms with Crippen LogP contribution in [0.1, 0.15) is 86.0 Å². The molecule has 0 aromatic rings. The molecule has 46 heavy (non-hydrogen) atoms. The lowest BCUT2D eigenvalue weighted by Crippen LogP contribution is -2.61. The van der Waals surface area contributed by atoms with Crippen molar-refractivity contribution >= 4 is 40.3 Å². The number of nitrogens with zero attached hydrogens (tertiary/aromatic N) is 1. The van der Waals surface area contributed by atoms with E-state index < -0.39 is 58.1 Å². The molecular formula is C34H51N5O6S. The minimum absolute atomic E-state index is 0.0430. The topological polar surface area (TPSA) is 154 Å². The number of amides is 5. The SMILES string of the molecule is C#CCCC(NC(=O)[C@@H]1C2C(CN1C(=O)C(CC(C)(C)C)NC(=O)NC1(CS(C)=O)CCCCC1)C2(C)C)C(=O)C(=O)NCC#C. The molecule has 2 aliphatic carbocycles. The minimum Gasteiger partial charge on any atom is -0.344 e. The van der Waals surface area contributed by atoms with Gasteiger partial charge in [0.1, 0.15) is 12.1 Å². The third-order valence-corrected chi connectivity index (χ3v) is 10.6. The van der Waals surface area contributed by atoms with E-state index in [0.29, 0.717) is 31.6 Å². The highest BCUT2D eigenvalue weighted by atomic mass is 32.2. The summed E-state index contributed by atoms with van der Waals surface area (Å²) in [5.74, 6) is 2.19. The summed E-state index contributed by atoms with van der Waals surface area (Å²) in [7, 11) is -1.12. The first-order chi connectivity index (χ1) is 21.5. The number of piperidine rings is 1. The Morgan fingerprint density at radius 1 is 1.00 bits per heavy atom. The third-order valence-electron chi connectivity index (χ3n) is 9.63. The molecular weight excluding hydrogens is 606 g/mol. The molecule has 1 heterocycles. The van der Waals surface area contributed by atoms with Crippen LogP contribution in [0.15, 0.2) is 0 Å². The minimum atomic E-state index is -1.19. The zero-order chi connectivity index (χ0) is 34.4. The maximum absolute atomic E-state index is 14.3. The lowest BCUT2D eigenvalue weighted by Gasteiger charge is -2.39. The van der Waals surface area contributed by atoms with Gasteiger partial charge in [-0.05, 0) is 48.3 Å². The first-order valence-electron chi connectivity index (χ1n) is 16.1. The second kappa shape index (κ2) is 15.0. The molecule has 11 nitrogen and oxygen atoms in total. The van der Waals surface area contributed by atoms with E-state index in [4.69, 9.17) is 12.8 Å². The van der Waals surface area contributed by atoms with Crippen molar-refractivity contribution in [1.82, 2.24) is 26.2 Å². The number of hydrogen-bond acceptors (Lipinski definition) is 6. The van der Waals surface area contributed by atoms with Gasteiger partial charge in [0.25, 0.3) is 5.91 Å². The number of terminal acetylenes is 2. The van der Waals surface area contributed by atoms with Crippen molar-refractivity contribution in [2.24, 2.45) is 22.7 Å². The van der Waals surface area contributed by atoms with E-state index >= 15 is 0 Å². The summed E-state index contributed by atoms with van der Waals surface area (Å²) >= 11 is 0. The number of urea groups is 1. The molecule has 5 unspecified atom stereocenters. The van der Waals surface area contributed by atoms with Crippen LogP contribution in [-0.4, -0.2) is 87.4 Å². The summed E-state index contributed by atoms with van der Waals surface area (Å²) in [4.78, 5) is 68.6. The number of Topliss-reactive ketones (excluding diaryl/α,β-unsaturated/α-hetero) is 1. The van der Waals surface area contributed by atoms with Gasteiger partial charge in [0.2, 0.25) is 17.6 Å². The summed E-state index contributed by atoms with van der Waals surface area (Å²) in [6, 6.07) is -3.53. The van der Waals surface area contributed by atoms with Gasteiger partial charge in [-0.3, -0.25) is 23.4 Å². The molecule has 4 N–H and O–H groups in total. The largest absolute Gasteiger partial charge is 0.344 e. The molecule has 2 saturated carbocycles. The molecule has 6 atom stereocenters. The molecule has 12 heteroatoms. The van der Waals surface area contributed by atoms with Gasteiger partial charge in [0.05, 0.1) is 18.1 Å². The maximum atomic E-state index is 14.3. The van der Waals surface area contributed by atoms with E-state index in [1.807, 2.05) is 34.6 Å². The van der Waals surface area contributed by atoms with Crippen LogP contribution in [0.4, 0.5) is 4.79 Å². The Balaban J connectivity index is 1.85. The van der Waals surface area contributed by atoms with Crippen LogP contribution in [0, 0.1) is 47.4 Å². The first kappa shape index (κ1) is 37.1. The molecule has 1 saturated heterocycles. The number of rotatable bonds is 13. The van der Waals surface area contributed by atoms with Crippen molar-refractivity contribution in [3.8, 4) is 24.7 Å². The molecule has 1 aliphatic heterocycles. The third kappa shape index (κ3) is 9.12. The van der Waals surface area contributed by atoms with Crippen LogP contribution >= 0.6 is 0 Å². The summed E-state index contributed by atoms with van der Waals surface area (Å²) in [6.45, 7) is 10.2. The Bertz CT molecular complexity index is 1300. The number of nitrogens with one attached hydrogen (secondary N) is 4. The van der Waals surface area contributed by atoms with E-state index in [-0.39, 0.29) is 48.0 Å². The Labute approximate surface area is 276 Å². The average Bonchev–Trinajstić information content (AvgIpc) is 3.27. The number of carbonyl (C=O) groups is 5. The van der Waals surface area contributed by atoms with Crippen molar-refractivity contribution in [1.29, 1.82) is 0 Å². The standard InChI is InChI=1S/C34H51N5O6S/c1-9-11-15-23(27(40)29(42)35-18-10-2)36-28(41)26-25-22(33(25,6)7)20-39(26)30(43)24(19-32(3,4)5)37-31(44)38-34(21-46(8)45)16-13-12-14-17-34/h1-2,22-26H,11-21H2,3-8H3,(H,35,42)(H,36,41)(H2,37,38,44)/t22?,23?,24?,25?,26-,46?/m0/s1. The summed E-state index contributed by atoms with van der Waals surface area (Å²) in [5.41, 5.74) is -1.17. The smallest absolute Gasteiger partial charge is 0.315 e. The molecule has 254 valence electrons. The van der Waals surface area contributed by atoms with Gasteiger partial charge >= 0.3 is 6.03 Å². The molecule has 0 spiro atoms. The van der Waals surface area contributed by atoms with Crippen molar-refractivity contribution in [2.75, 3.05) is 25.1 Å². The Morgan fingerprint density at radius 3 is 2.22 bits per heavy atom. The Hall–Kier alpha value is -3.38. The van der Waals surface area contributed by atoms with Crippen molar-refractivity contribution in [3.05, 3.63) is 0 Å². The molecule has 0 aromatic carbocycles. The predicted octanol–water partition coefficient (Wildman–Crippen LogP) is 1.87. The number of fused-ring (bicyclic) bond motifs is 1. The van der Waals surface area contributed by atoms with Gasteiger partial charge in [0, 0.05) is 35.8 Å². The van der Waals surface area contributed by atoms with Crippen molar-refractivity contribution in [3.63, 3.8) is 0 Å². The van der Waals surface area contributed by atoms with Gasteiger partial charge in [-0.15, -0.1) is 18.8 Å². The average molecular weight is 658 g/mol. The van der Waals surface area contributed by atoms with Gasteiger partial charge in [-0.25, -0.2) is 4.79 Å². The first-order valence-corrected chi connectivity index (χ1v) is 17.9. The van der Waals surface area contributed by atoms with Crippen LogP contribution in [0.5, 0.6) is 0 Å². The molecule has 5 amide bonds. The normalized spacial score (nSPS) is 24.5. The van der Waals surface area contributed by atoms with Gasteiger partial charge in [0.15, 0.2) is 0 Å². The lowest BCUT2D eigenvalue weighted by atomic mass is 9.83. The van der Waals surface area contributed by atoms with Crippen LogP contribution < -0.4 is 21.3 Å². The van der Waals surface area contributed by atoms with E-state index in [9.17, 15) is 28.2 Å². The van der Waals surface area contributed by atoms with E-state index in [1.165, 1.54) is 4.90 Å². The highest BCUT2D eigenvalue weighted by molar-refractivity contribution is 7.84. The number of likely N-dealkylation sites (tertiary alicyclic amines) is 1. The molecule has 3 aliphatic rings. The lowest BCUT2D eigenvalue weighted by molar-refractivity contribution is -0.144. The fraction of sp³-hybridized carbons (Fsp3) is 0.735. The van der Waals surface area contributed by atoms with Crippen LogP contribution in [-0.2, 0) is 30.0 Å². The Morgan fingerprint density at radius 2 is 1.65 bits per heavy atom. The fourth-order valence-corrected chi connectivity index (χ4v) is 8.45. The summed E-state index contributed by atoms with van der Waals surface area (Å²) in [6.07, 6.45) is 17.1.